The van der Waals surface area contributed by atoms with E-state index in [9.17, 15) is 14.5 Å². The van der Waals surface area contributed by atoms with Gasteiger partial charge in [-0.1, -0.05) is 0 Å². The van der Waals surface area contributed by atoms with Crippen molar-refractivity contribution in [3.8, 4) is 0 Å². The average Bonchev–Trinajstić information content (AvgIpc) is 1.80. The van der Waals surface area contributed by atoms with Gasteiger partial charge in [0.25, 0.3) is 0 Å². The molecule has 0 heterocycles. The lowest BCUT2D eigenvalue weighted by Crippen LogP contribution is -2.39. The fraction of sp³-hybridized carbons (Fsp3) is 0.667. The summed E-state index contributed by atoms with van der Waals surface area (Å²) >= 11 is 0. The Labute approximate surface area is 65.4 Å². The van der Waals surface area contributed by atoms with E-state index < -0.39 is 19.1 Å². The molecule has 3 N–H and O–H groups in total. The van der Waals surface area contributed by atoms with Crippen LogP contribution in [0.15, 0.2) is 0 Å². The van der Waals surface area contributed by atoms with Crippen molar-refractivity contribution in [1.82, 2.24) is 5.32 Å². The molecule has 0 aromatic carbocycles. The van der Waals surface area contributed by atoms with Gasteiger partial charge in [0.05, 0.1) is 6.54 Å². The van der Waals surface area contributed by atoms with Crippen molar-refractivity contribution < 1.29 is 24.3 Å². The zero-order valence-corrected chi connectivity index (χ0v) is 7.87. The summed E-state index contributed by atoms with van der Waals surface area (Å²) in [6.45, 7) is -0.287. The number of carbonyl (C=O) groups excluding carboxylic acids is 1. The fourth-order valence-electron chi connectivity index (χ4n) is 0.320. The number of nitrogens with one attached hydrogen (secondary N) is 1. The summed E-state index contributed by atoms with van der Waals surface area (Å²) in [7, 11) is -3.11. The highest BCUT2D eigenvalue weighted by Crippen LogP contribution is 2.44. The number of hydrogen-bond acceptors (Lipinski definition) is 3. The van der Waals surface area contributed by atoms with Crippen LogP contribution in [0.4, 0.5) is 4.79 Å². The zero-order valence-electron chi connectivity index (χ0n) is 5.56. The molecule has 6 nitrogen and oxygen atoms in total. The van der Waals surface area contributed by atoms with Crippen LogP contribution in [0.5, 0.6) is 0 Å². The Morgan fingerprint density at radius 1 is 1.73 bits per heavy atom. The van der Waals surface area contributed by atoms with Crippen LogP contribution in [0.2, 0.25) is 0 Å². The molecule has 0 saturated carbocycles. The van der Waals surface area contributed by atoms with Gasteiger partial charge in [-0.2, -0.15) is 0 Å². The molecule has 0 bridgehead atoms. The van der Waals surface area contributed by atoms with Gasteiger partial charge < -0.3 is 25.0 Å². The SMILES string of the molecule is O=C([O-])NCC([PH3+])P(=O)(O)O. The molecule has 0 radical (unpaired) electrons. The molecule has 0 aromatic heterocycles. The Bertz CT molecular complexity index is 188. The fourth-order valence-corrected chi connectivity index (χ4v) is 0.794. The molecule has 0 aliphatic rings. The maximum Gasteiger partial charge on any atom is 0.366 e. The summed E-state index contributed by atoms with van der Waals surface area (Å²) in [6.07, 6.45) is -1.53. The van der Waals surface area contributed by atoms with Gasteiger partial charge in [0.2, 0.25) is 0 Å². The highest BCUT2D eigenvalue weighted by atomic mass is 31.2. The highest BCUT2D eigenvalue weighted by Gasteiger charge is 2.28. The van der Waals surface area contributed by atoms with E-state index in [0.29, 0.717) is 0 Å². The highest BCUT2D eigenvalue weighted by molar-refractivity contribution is 7.60. The topological polar surface area (TPSA) is 110 Å². The zero-order chi connectivity index (χ0) is 9.07. The van der Waals surface area contributed by atoms with Crippen LogP contribution in [0, 0.1) is 0 Å². The third-order valence-electron chi connectivity index (χ3n) is 0.958. The summed E-state index contributed by atoms with van der Waals surface area (Å²) in [5, 5.41) is 10.5. The first kappa shape index (κ1) is 10.8. The standard InChI is InChI=1S/C3H9NO5P2/c5-3(6)4-1-2(10)11(7,8)9/h2,4H,1,10H2,(H,5,6)(H2,7,8,9). The lowest BCUT2D eigenvalue weighted by Gasteiger charge is -2.10. The van der Waals surface area contributed by atoms with Crippen LogP contribution in [0.3, 0.4) is 0 Å². The van der Waals surface area contributed by atoms with Crippen molar-refractivity contribution in [3.05, 3.63) is 0 Å². The minimum atomic E-state index is -4.15. The molecule has 0 saturated heterocycles. The first-order chi connectivity index (χ1) is 4.84. The van der Waals surface area contributed by atoms with E-state index in [1.165, 1.54) is 0 Å². The van der Waals surface area contributed by atoms with E-state index in [1.807, 2.05) is 0 Å². The second-order valence-electron chi connectivity index (χ2n) is 1.91. The molecule has 2 unspecified atom stereocenters. The van der Waals surface area contributed by atoms with Crippen molar-refractivity contribution >= 4 is 22.9 Å². The van der Waals surface area contributed by atoms with E-state index in [4.69, 9.17) is 9.79 Å². The summed E-state index contributed by atoms with van der Waals surface area (Å²) in [5.41, 5.74) is 0. The Hall–Kier alpha value is -0.150. The molecule has 0 spiro atoms. The minimum Gasteiger partial charge on any atom is -0.530 e. The summed E-state index contributed by atoms with van der Waals surface area (Å²) in [4.78, 5) is 26.7. The maximum absolute atomic E-state index is 10.4. The maximum atomic E-state index is 10.4. The van der Waals surface area contributed by atoms with E-state index in [0.717, 1.165) is 9.24 Å². The second kappa shape index (κ2) is 4.02. The number of hydrogen-bond donors (Lipinski definition) is 3. The molecule has 0 aliphatic heterocycles. The van der Waals surface area contributed by atoms with E-state index in [2.05, 4.69) is 0 Å². The molecule has 8 heteroatoms. The number of carboxylic acid groups (broad SMARTS) is 1. The minimum absolute atomic E-state index is 0.287. The van der Waals surface area contributed by atoms with Gasteiger partial charge in [0.1, 0.15) is 6.09 Å². The van der Waals surface area contributed by atoms with Crippen LogP contribution >= 0.6 is 16.8 Å². The predicted octanol–water partition coefficient (Wildman–Crippen LogP) is -1.97. The first-order valence-corrected chi connectivity index (χ1v) is 5.17. The monoisotopic (exact) mass is 201 g/mol. The second-order valence-corrected chi connectivity index (χ2v) is 5.49. The molecule has 2 atom stereocenters. The first-order valence-electron chi connectivity index (χ1n) is 2.67. The van der Waals surface area contributed by atoms with Crippen LogP contribution in [-0.4, -0.2) is 27.8 Å². The van der Waals surface area contributed by atoms with Crippen LogP contribution < -0.4 is 10.4 Å². The normalized spacial score (nSPS) is 14.4. The molecule has 0 aromatic rings. The Kier molecular flexibility index (Phi) is 3.97. The van der Waals surface area contributed by atoms with Crippen LogP contribution in [0.25, 0.3) is 0 Å². The van der Waals surface area contributed by atoms with E-state index in [1.54, 1.807) is 5.32 Å². The van der Waals surface area contributed by atoms with Gasteiger partial charge in [0, 0.05) is 0 Å². The van der Waals surface area contributed by atoms with Crippen molar-refractivity contribution in [2.24, 2.45) is 0 Å². The van der Waals surface area contributed by atoms with Gasteiger partial charge in [0.15, 0.2) is 5.40 Å². The van der Waals surface area contributed by atoms with Gasteiger partial charge in [-0.15, -0.1) is 0 Å². The summed E-state index contributed by atoms with van der Waals surface area (Å²) < 4.78 is 10.4. The molecule has 1 amide bonds. The molecular weight excluding hydrogens is 192 g/mol. The van der Waals surface area contributed by atoms with E-state index in [-0.39, 0.29) is 6.54 Å². The molecule has 0 rings (SSSR count). The lowest BCUT2D eigenvalue weighted by molar-refractivity contribution is -0.250. The lowest BCUT2D eigenvalue weighted by atomic mass is 10.7. The van der Waals surface area contributed by atoms with Crippen molar-refractivity contribution in [2.75, 3.05) is 6.54 Å². The smallest absolute Gasteiger partial charge is 0.366 e. The molecule has 66 valence electrons. The van der Waals surface area contributed by atoms with Crippen molar-refractivity contribution in [1.29, 1.82) is 0 Å². The molecule has 11 heavy (non-hydrogen) atoms. The van der Waals surface area contributed by atoms with Crippen molar-refractivity contribution in [3.63, 3.8) is 0 Å². The van der Waals surface area contributed by atoms with Gasteiger partial charge >= 0.3 is 7.60 Å². The van der Waals surface area contributed by atoms with Crippen molar-refractivity contribution in [2.45, 2.75) is 5.40 Å². The summed E-state index contributed by atoms with van der Waals surface area (Å²) in [5.74, 6) is 0. The predicted molar refractivity (Wildman–Crippen MR) is 40.3 cm³/mol. The molecular formula is C3H9NO5P2. The third kappa shape index (κ3) is 5.16. The largest absolute Gasteiger partial charge is 0.530 e. The molecule has 0 aliphatic carbocycles. The average molecular weight is 201 g/mol. The number of amides is 1. The third-order valence-corrected chi connectivity index (χ3v) is 3.81. The van der Waals surface area contributed by atoms with E-state index >= 15 is 0 Å². The quantitative estimate of drug-likeness (QED) is 0.459. The van der Waals surface area contributed by atoms with Crippen LogP contribution in [0.1, 0.15) is 0 Å². The van der Waals surface area contributed by atoms with Gasteiger partial charge in [-0.3, -0.25) is 4.57 Å². The number of carbonyl (C=O) groups is 1. The summed E-state index contributed by atoms with van der Waals surface area (Å²) in [6, 6.07) is 0. The number of rotatable bonds is 3. The van der Waals surface area contributed by atoms with Gasteiger partial charge in [-0.05, 0) is 9.24 Å². The molecule has 0 fully saturated rings. The Morgan fingerprint density at radius 3 is 2.45 bits per heavy atom. The Morgan fingerprint density at radius 2 is 2.18 bits per heavy atom. The Balaban J connectivity index is 3.80. The van der Waals surface area contributed by atoms with Crippen LogP contribution in [-0.2, 0) is 4.57 Å². The van der Waals surface area contributed by atoms with Gasteiger partial charge in [-0.25, -0.2) is 0 Å².